The van der Waals surface area contributed by atoms with Crippen molar-refractivity contribution in [3.63, 3.8) is 0 Å². The highest BCUT2D eigenvalue weighted by molar-refractivity contribution is 5.90. The van der Waals surface area contributed by atoms with Crippen LogP contribution in [0.5, 0.6) is 0 Å². The summed E-state index contributed by atoms with van der Waals surface area (Å²) in [4.78, 5) is 53.2. The fraction of sp³-hybridized carbons (Fsp3) is 0.528. The molecule has 12 nitrogen and oxygen atoms in total. The van der Waals surface area contributed by atoms with Crippen molar-refractivity contribution >= 4 is 34.7 Å². The molecule has 0 bridgehead atoms. The number of carboxylic acids is 3. The summed E-state index contributed by atoms with van der Waals surface area (Å²) in [5.41, 5.74) is 2.61. The van der Waals surface area contributed by atoms with E-state index < -0.39 is 36.4 Å². The minimum absolute atomic E-state index is 0.0172. The quantitative estimate of drug-likeness (QED) is 0.220. The van der Waals surface area contributed by atoms with E-state index in [0.29, 0.717) is 12.0 Å². The average Bonchev–Trinajstić information content (AvgIpc) is 3.40. The molecule has 12 heteroatoms. The molecule has 1 aliphatic heterocycles. The Bertz CT molecular complexity index is 1610. The van der Waals surface area contributed by atoms with Crippen molar-refractivity contribution in [2.75, 3.05) is 20.6 Å². The Morgan fingerprint density at radius 2 is 1.73 bits per heavy atom. The van der Waals surface area contributed by atoms with E-state index in [1.807, 2.05) is 30.3 Å². The number of nitrogens with zero attached hydrogens (tertiary/aromatic N) is 4. The van der Waals surface area contributed by atoms with E-state index in [1.54, 1.807) is 0 Å². The van der Waals surface area contributed by atoms with E-state index in [2.05, 4.69) is 72.7 Å². The van der Waals surface area contributed by atoms with Crippen LogP contribution in [-0.4, -0.2) is 102 Å². The Kier molecular flexibility index (Phi) is 11.6. The highest BCUT2D eigenvalue weighted by Crippen LogP contribution is 2.45. The third-order valence-corrected chi connectivity index (χ3v) is 10.1. The van der Waals surface area contributed by atoms with Gasteiger partial charge in [0.25, 0.3) is 0 Å². The van der Waals surface area contributed by atoms with Gasteiger partial charge in [0.05, 0.1) is 18.8 Å². The normalized spacial score (nSPS) is 20.2. The summed E-state index contributed by atoms with van der Waals surface area (Å²) < 4.78 is 2.46. The average molecular weight is 665 g/mol. The summed E-state index contributed by atoms with van der Waals surface area (Å²) >= 11 is 0. The number of aromatic nitrogens is 2. The van der Waals surface area contributed by atoms with Crippen LogP contribution in [0.4, 0.5) is 0 Å². The van der Waals surface area contributed by atoms with Gasteiger partial charge in [-0.3, -0.25) is 19.4 Å². The molecule has 3 aromatic rings. The molecule has 1 amide bonds. The number of pyridine rings is 1. The summed E-state index contributed by atoms with van der Waals surface area (Å²) in [6, 6.07) is 13.4. The number of carbonyl (C=O) groups is 4. The van der Waals surface area contributed by atoms with Gasteiger partial charge in [0.15, 0.2) is 5.60 Å². The van der Waals surface area contributed by atoms with Gasteiger partial charge in [-0.25, -0.2) is 4.79 Å². The maximum Gasteiger partial charge on any atom is 0.336 e. The summed E-state index contributed by atoms with van der Waals surface area (Å²) in [6.45, 7) is 8.49. The van der Waals surface area contributed by atoms with Crippen LogP contribution in [-0.2, 0) is 32.1 Å². The highest BCUT2D eigenvalue weighted by Gasteiger charge is 2.43. The lowest BCUT2D eigenvalue weighted by atomic mass is 9.72. The van der Waals surface area contributed by atoms with Crippen molar-refractivity contribution < 1.29 is 39.6 Å². The third kappa shape index (κ3) is 7.87. The standard InChI is InChI=1S/C30H40N4O.C6H8O7/c1-6-7-15-34-19-22-17-28-25(24-11-10-13-27(34)29(22)24)16-23(18-32(28)4)30(35)33(5)21(3)20(2)26-12-8-9-14-31-26;7-3(8)1-6(13,5(11)12)2-4(9)10/h8-14,19-21,23,25,28H,6-7,15-18H2,1-5H3;13H,1-2H2,(H,7,8)(H,9,10)(H,11,12)/t20?,21?,23-,25?,28-;/m1./s1. The molecule has 2 aromatic heterocycles. The smallest absolute Gasteiger partial charge is 0.336 e. The number of rotatable bonds is 12. The topological polar surface area (TPSA) is 173 Å². The second-order valence-electron chi connectivity index (χ2n) is 13.4. The number of fused-ring (bicyclic) bond motifs is 2. The van der Waals surface area contributed by atoms with Gasteiger partial charge >= 0.3 is 17.9 Å². The second kappa shape index (κ2) is 15.3. The minimum Gasteiger partial charge on any atom is -0.481 e. The fourth-order valence-electron chi connectivity index (χ4n) is 7.24. The summed E-state index contributed by atoms with van der Waals surface area (Å²) in [6.07, 6.45) is 6.38. The van der Waals surface area contributed by atoms with Crippen molar-refractivity contribution in [1.29, 1.82) is 0 Å². The maximum absolute atomic E-state index is 13.8. The number of carboxylic acid groups (broad SMARTS) is 3. The summed E-state index contributed by atoms with van der Waals surface area (Å²) in [7, 11) is 4.20. The number of likely N-dealkylation sites (tertiary alicyclic amines) is 1. The molecule has 3 heterocycles. The molecule has 1 aromatic carbocycles. The predicted molar refractivity (Wildman–Crippen MR) is 180 cm³/mol. The number of benzene rings is 1. The molecule has 1 saturated heterocycles. The molecule has 4 N–H and O–H groups in total. The zero-order valence-corrected chi connectivity index (χ0v) is 28.4. The third-order valence-electron chi connectivity index (χ3n) is 10.1. The molecule has 48 heavy (non-hydrogen) atoms. The van der Waals surface area contributed by atoms with Crippen LogP contribution < -0.4 is 0 Å². The number of carbonyl (C=O) groups excluding carboxylic acids is 1. The molecule has 0 spiro atoms. The maximum atomic E-state index is 13.8. The SMILES string of the molecule is CCCCn1cc2c3c(cccc31)C1C[C@@H](C(=O)N(C)C(C)C(C)c3ccccn3)CN(C)[C@@H]1C2.O=C(O)CC(O)(CC(=O)O)C(=O)O. The molecule has 5 rings (SSSR count). The Hall–Kier alpha value is -4.29. The summed E-state index contributed by atoms with van der Waals surface area (Å²) in [5, 5.41) is 35.3. The largest absolute Gasteiger partial charge is 0.481 e. The first kappa shape index (κ1) is 36.5. The van der Waals surface area contributed by atoms with E-state index in [1.165, 1.54) is 34.9 Å². The predicted octanol–water partition coefficient (Wildman–Crippen LogP) is 4.20. The van der Waals surface area contributed by atoms with Crippen LogP contribution >= 0.6 is 0 Å². The van der Waals surface area contributed by atoms with Gasteiger partial charge in [0, 0.05) is 73.0 Å². The van der Waals surface area contributed by atoms with Crippen molar-refractivity contribution in [3.8, 4) is 0 Å². The number of hydrogen-bond donors (Lipinski definition) is 4. The van der Waals surface area contributed by atoms with Gasteiger partial charge < -0.3 is 34.8 Å². The first-order chi connectivity index (χ1) is 22.7. The molecule has 0 saturated carbocycles. The van der Waals surface area contributed by atoms with Gasteiger partial charge in [0.2, 0.25) is 5.91 Å². The van der Waals surface area contributed by atoms with Crippen molar-refractivity contribution in [1.82, 2.24) is 19.4 Å². The Morgan fingerprint density at radius 3 is 2.31 bits per heavy atom. The first-order valence-electron chi connectivity index (χ1n) is 16.6. The lowest BCUT2D eigenvalue weighted by molar-refractivity contribution is -0.170. The van der Waals surface area contributed by atoms with E-state index in [-0.39, 0.29) is 23.8 Å². The van der Waals surface area contributed by atoms with E-state index in [9.17, 15) is 19.2 Å². The molecule has 0 radical (unpaired) electrons. The molecule has 5 atom stereocenters. The Labute approximate surface area is 281 Å². The van der Waals surface area contributed by atoms with Gasteiger partial charge in [-0.05, 0) is 62.6 Å². The molecule has 260 valence electrons. The van der Waals surface area contributed by atoms with Crippen LogP contribution in [0.25, 0.3) is 10.9 Å². The minimum atomic E-state index is -2.74. The number of likely N-dealkylation sites (N-methyl/N-ethyl adjacent to an activating group) is 2. The number of hydrogen-bond acceptors (Lipinski definition) is 7. The number of aliphatic carboxylic acids is 3. The lowest BCUT2D eigenvalue weighted by Crippen LogP contribution is -2.52. The second-order valence-corrected chi connectivity index (χ2v) is 13.4. The lowest BCUT2D eigenvalue weighted by Gasteiger charge is -2.46. The number of aliphatic hydroxyl groups is 1. The van der Waals surface area contributed by atoms with Gasteiger partial charge in [-0.1, -0.05) is 38.5 Å². The number of amides is 1. The highest BCUT2D eigenvalue weighted by atomic mass is 16.4. The molecule has 1 aliphatic carbocycles. The fourth-order valence-corrected chi connectivity index (χ4v) is 7.24. The zero-order valence-electron chi connectivity index (χ0n) is 28.4. The van der Waals surface area contributed by atoms with Gasteiger partial charge in [-0.2, -0.15) is 0 Å². The van der Waals surface area contributed by atoms with Crippen LogP contribution in [0, 0.1) is 5.92 Å². The number of piperidine rings is 1. The van der Waals surface area contributed by atoms with Crippen LogP contribution in [0.2, 0.25) is 0 Å². The van der Waals surface area contributed by atoms with Gasteiger partial charge in [0.1, 0.15) is 0 Å². The zero-order chi connectivity index (χ0) is 35.3. The van der Waals surface area contributed by atoms with E-state index >= 15 is 0 Å². The van der Waals surface area contributed by atoms with Crippen molar-refractivity contribution in [3.05, 3.63) is 65.6 Å². The van der Waals surface area contributed by atoms with Gasteiger partial charge in [-0.15, -0.1) is 0 Å². The first-order valence-corrected chi connectivity index (χ1v) is 16.6. The number of unbranched alkanes of at least 4 members (excludes halogenated alkanes) is 1. The Balaban J connectivity index is 0.000000341. The van der Waals surface area contributed by atoms with E-state index in [0.717, 1.165) is 31.6 Å². The summed E-state index contributed by atoms with van der Waals surface area (Å²) in [5.74, 6) is -4.15. The van der Waals surface area contributed by atoms with Crippen molar-refractivity contribution in [2.24, 2.45) is 5.92 Å². The van der Waals surface area contributed by atoms with E-state index in [4.69, 9.17) is 20.4 Å². The number of aryl methyl sites for hydroxylation is 1. The molecule has 3 unspecified atom stereocenters. The monoisotopic (exact) mass is 664 g/mol. The molecule has 1 fully saturated rings. The van der Waals surface area contributed by atoms with Crippen LogP contribution in [0.15, 0.2) is 48.8 Å². The van der Waals surface area contributed by atoms with Crippen molar-refractivity contribution in [2.45, 2.75) is 95.4 Å². The molecular weight excluding hydrogens is 616 g/mol. The molecular formula is C36H48N4O8. The van der Waals surface area contributed by atoms with Crippen LogP contribution in [0.3, 0.4) is 0 Å². The molecule has 2 aliphatic rings. The van der Waals surface area contributed by atoms with Crippen LogP contribution in [0.1, 0.15) is 81.5 Å². The Morgan fingerprint density at radius 1 is 1.04 bits per heavy atom.